The van der Waals surface area contributed by atoms with Gasteiger partial charge in [-0.05, 0) is 12.0 Å². The summed E-state index contributed by atoms with van der Waals surface area (Å²) in [6.45, 7) is 1.73. The fourth-order valence-corrected chi connectivity index (χ4v) is 1.55. The van der Waals surface area contributed by atoms with Gasteiger partial charge < -0.3 is 5.11 Å². The Kier molecular flexibility index (Phi) is 4.53. The highest BCUT2D eigenvalue weighted by atomic mass is 16.6. The molecule has 1 rings (SSSR count). The summed E-state index contributed by atoms with van der Waals surface area (Å²) in [5, 5.41) is 19.5. The largest absolute Gasteiger partial charge is 0.478 e. The molecule has 0 atom stereocenters. The number of nitro groups is 1. The van der Waals surface area contributed by atoms with Gasteiger partial charge in [0.15, 0.2) is 0 Å². The van der Waals surface area contributed by atoms with Gasteiger partial charge in [0.25, 0.3) is 5.69 Å². The van der Waals surface area contributed by atoms with E-state index >= 15 is 0 Å². The molecule has 96 valence electrons. The second kappa shape index (κ2) is 5.90. The molecule has 0 unspecified atom stereocenters. The molecule has 0 aliphatic heterocycles. The SMILES string of the molecule is CCC(=O)CCc1ccc([N+](=O)[O-])cc1C(=O)O. The molecular formula is C12H13NO5. The quantitative estimate of drug-likeness (QED) is 0.617. The maximum absolute atomic E-state index is 11.2. The lowest BCUT2D eigenvalue weighted by molar-refractivity contribution is -0.384. The van der Waals surface area contributed by atoms with Gasteiger partial charge >= 0.3 is 5.97 Å². The molecule has 18 heavy (non-hydrogen) atoms. The van der Waals surface area contributed by atoms with Crippen molar-refractivity contribution in [3.63, 3.8) is 0 Å². The van der Waals surface area contributed by atoms with Crippen molar-refractivity contribution in [2.75, 3.05) is 0 Å². The first-order valence-electron chi connectivity index (χ1n) is 5.48. The first-order valence-corrected chi connectivity index (χ1v) is 5.48. The molecule has 0 bridgehead atoms. The van der Waals surface area contributed by atoms with Crippen LogP contribution in [-0.2, 0) is 11.2 Å². The minimum absolute atomic E-state index is 0.0321. The molecule has 6 heteroatoms. The van der Waals surface area contributed by atoms with Gasteiger partial charge in [0.2, 0.25) is 0 Å². The fourth-order valence-electron chi connectivity index (χ4n) is 1.55. The van der Waals surface area contributed by atoms with Crippen molar-refractivity contribution in [2.45, 2.75) is 26.2 Å². The summed E-state index contributed by atoms with van der Waals surface area (Å²) >= 11 is 0. The molecule has 0 amide bonds. The van der Waals surface area contributed by atoms with E-state index in [0.717, 1.165) is 6.07 Å². The summed E-state index contributed by atoms with van der Waals surface area (Å²) in [7, 11) is 0. The van der Waals surface area contributed by atoms with E-state index in [1.165, 1.54) is 12.1 Å². The number of benzene rings is 1. The molecule has 1 N–H and O–H groups in total. The van der Waals surface area contributed by atoms with Crippen LogP contribution >= 0.6 is 0 Å². The van der Waals surface area contributed by atoms with Crippen LogP contribution in [0.15, 0.2) is 18.2 Å². The highest BCUT2D eigenvalue weighted by Crippen LogP contribution is 2.19. The van der Waals surface area contributed by atoms with E-state index in [0.29, 0.717) is 12.0 Å². The molecule has 0 fully saturated rings. The molecule has 0 radical (unpaired) electrons. The molecule has 0 heterocycles. The number of carbonyl (C=O) groups excluding carboxylic acids is 1. The molecule has 1 aromatic carbocycles. The summed E-state index contributed by atoms with van der Waals surface area (Å²) in [6.07, 6.45) is 0.927. The molecule has 0 aliphatic rings. The van der Waals surface area contributed by atoms with Crippen LogP contribution in [0, 0.1) is 10.1 Å². The summed E-state index contributed by atoms with van der Waals surface area (Å²) in [6, 6.07) is 3.66. The van der Waals surface area contributed by atoms with Crippen molar-refractivity contribution >= 4 is 17.4 Å². The number of hydrogen-bond acceptors (Lipinski definition) is 4. The van der Waals surface area contributed by atoms with Crippen LogP contribution in [0.4, 0.5) is 5.69 Å². The number of hydrogen-bond donors (Lipinski definition) is 1. The monoisotopic (exact) mass is 251 g/mol. The number of carbonyl (C=O) groups is 2. The standard InChI is InChI=1S/C12H13NO5/c1-2-10(14)6-4-8-3-5-9(13(17)18)7-11(8)12(15)16/h3,5,7H,2,4,6H2,1H3,(H,15,16). The van der Waals surface area contributed by atoms with Crippen LogP contribution in [0.1, 0.15) is 35.7 Å². The van der Waals surface area contributed by atoms with Crippen LogP contribution in [0.3, 0.4) is 0 Å². The molecule has 6 nitrogen and oxygen atoms in total. The van der Waals surface area contributed by atoms with Crippen LogP contribution in [0.5, 0.6) is 0 Å². The topological polar surface area (TPSA) is 97.5 Å². The zero-order valence-electron chi connectivity index (χ0n) is 9.88. The van der Waals surface area contributed by atoms with Crippen molar-refractivity contribution in [2.24, 2.45) is 0 Å². The van der Waals surface area contributed by atoms with Crippen molar-refractivity contribution in [1.29, 1.82) is 0 Å². The zero-order chi connectivity index (χ0) is 13.7. The Labute approximate surface area is 103 Å². The first kappa shape index (κ1) is 13.8. The number of non-ortho nitro benzene ring substituents is 1. The molecule has 0 spiro atoms. The number of aromatic carboxylic acids is 1. The third kappa shape index (κ3) is 3.38. The Morgan fingerprint density at radius 3 is 2.56 bits per heavy atom. The number of nitro benzene ring substituents is 1. The summed E-state index contributed by atoms with van der Waals surface area (Å²) in [4.78, 5) is 32.1. The molecule has 0 aromatic heterocycles. The second-order valence-electron chi connectivity index (χ2n) is 3.80. The highest BCUT2D eigenvalue weighted by Gasteiger charge is 2.16. The third-order valence-electron chi connectivity index (χ3n) is 2.60. The minimum atomic E-state index is -1.22. The predicted molar refractivity (Wildman–Crippen MR) is 63.7 cm³/mol. The van der Waals surface area contributed by atoms with Crippen molar-refractivity contribution in [1.82, 2.24) is 0 Å². The van der Waals surface area contributed by atoms with Crippen LogP contribution in [0.25, 0.3) is 0 Å². The van der Waals surface area contributed by atoms with Gasteiger partial charge in [-0.3, -0.25) is 14.9 Å². The number of aryl methyl sites for hydroxylation is 1. The first-order chi connectivity index (χ1) is 8.45. The van der Waals surface area contributed by atoms with E-state index in [1.54, 1.807) is 6.92 Å². The second-order valence-corrected chi connectivity index (χ2v) is 3.80. The van der Waals surface area contributed by atoms with Gasteiger partial charge in [-0.25, -0.2) is 4.79 Å². The van der Waals surface area contributed by atoms with E-state index in [-0.39, 0.29) is 29.9 Å². The number of rotatable bonds is 6. The van der Waals surface area contributed by atoms with Gasteiger partial charge in [0.1, 0.15) is 5.78 Å². The number of carboxylic acids is 1. The summed E-state index contributed by atoms with van der Waals surface area (Å²) < 4.78 is 0. The fraction of sp³-hybridized carbons (Fsp3) is 0.333. The maximum Gasteiger partial charge on any atom is 0.336 e. The van der Waals surface area contributed by atoms with Crippen molar-refractivity contribution in [3.05, 3.63) is 39.4 Å². The predicted octanol–water partition coefficient (Wildman–Crippen LogP) is 2.20. The molecule has 0 aliphatic carbocycles. The number of carboxylic acid groups (broad SMARTS) is 1. The van der Waals surface area contributed by atoms with Crippen molar-refractivity contribution in [3.8, 4) is 0 Å². The van der Waals surface area contributed by atoms with Crippen molar-refractivity contribution < 1.29 is 19.6 Å². The highest BCUT2D eigenvalue weighted by molar-refractivity contribution is 5.90. The number of Topliss-reactive ketones (excluding diaryl/α,β-unsaturated/α-hetero) is 1. The minimum Gasteiger partial charge on any atom is -0.478 e. The molecule has 0 saturated heterocycles. The summed E-state index contributed by atoms with van der Waals surface area (Å²) in [5.74, 6) is -1.19. The Morgan fingerprint density at radius 2 is 2.06 bits per heavy atom. The van der Waals surface area contributed by atoms with E-state index in [9.17, 15) is 19.7 Å². The van der Waals surface area contributed by atoms with Crippen LogP contribution in [0.2, 0.25) is 0 Å². The van der Waals surface area contributed by atoms with Crippen LogP contribution in [-0.4, -0.2) is 21.8 Å². The van der Waals surface area contributed by atoms with Crippen LogP contribution < -0.4 is 0 Å². The Bertz CT molecular complexity index is 495. The zero-order valence-corrected chi connectivity index (χ0v) is 9.88. The normalized spacial score (nSPS) is 10.1. The van der Waals surface area contributed by atoms with E-state index < -0.39 is 10.9 Å². The van der Waals surface area contributed by atoms with E-state index in [2.05, 4.69) is 0 Å². The molecule has 1 aromatic rings. The van der Waals surface area contributed by atoms with E-state index in [4.69, 9.17) is 5.11 Å². The average molecular weight is 251 g/mol. The Hall–Kier alpha value is -2.24. The van der Waals surface area contributed by atoms with E-state index in [1.807, 2.05) is 0 Å². The van der Waals surface area contributed by atoms with Gasteiger partial charge in [0, 0.05) is 25.0 Å². The smallest absolute Gasteiger partial charge is 0.336 e. The lowest BCUT2D eigenvalue weighted by Crippen LogP contribution is -2.06. The van der Waals surface area contributed by atoms with Gasteiger partial charge in [-0.1, -0.05) is 13.0 Å². The van der Waals surface area contributed by atoms with Gasteiger partial charge in [0.05, 0.1) is 10.5 Å². The van der Waals surface area contributed by atoms with Gasteiger partial charge in [-0.15, -0.1) is 0 Å². The molecule has 0 saturated carbocycles. The average Bonchev–Trinajstić information content (AvgIpc) is 2.35. The Morgan fingerprint density at radius 1 is 1.39 bits per heavy atom. The number of ketones is 1. The Balaban J connectivity index is 3.00. The summed E-state index contributed by atoms with van der Waals surface area (Å²) in [5.41, 5.74) is 0.0565. The van der Waals surface area contributed by atoms with Gasteiger partial charge in [-0.2, -0.15) is 0 Å². The third-order valence-corrected chi connectivity index (χ3v) is 2.60. The number of nitrogens with zero attached hydrogens (tertiary/aromatic N) is 1. The lowest BCUT2D eigenvalue weighted by atomic mass is 10.0. The lowest BCUT2D eigenvalue weighted by Gasteiger charge is -2.05. The maximum atomic E-state index is 11.2. The molecular weight excluding hydrogens is 238 g/mol.